The minimum Gasteiger partial charge on any atom is -0.335 e. The van der Waals surface area contributed by atoms with Gasteiger partial charge in [0.1, 0.15) is 11.5 Å². The van der Waals surface area contributed by atoms with Crippen LogP contribution in [0.3, 0.4) is 0 Å². The smallest absolute Gasteiger partial charge is 0.273 e. The highest BCUT2D eigenvalue weighted by atomic mass is 32.1. The minimum absolute atomic E-state index is 0.0131. The number of hydrogen-bond donors (Lipinski definition) is 0. The summed E-state index contributed by atoms with van der Waals surface area (Å²) in [6, 6.07) is 5.88. The van der Waals surface area contributed by atoms with E-state index in [4.69, 9.17) is 0 Å². The fourth-order valence-electron chi connectivity index (χ4n) is 5.90. The quantitative estimate of drug-likeness (QED) is 0.515. The molecule has 0 bridgehead atoms. The third kappa shape index (κ3) is 4.63. The van der Waals surface area contributed by atoms with Crippen LogP contribution in [0.25, 0.3) is 11.0 Å². The minimum atomic E-state index is -2.57. The van der Waals surface area contributed by atoms with E-state index in [1.807, 2.05) is 34.9 Å². The number of alkyl halides is 2. The molecule has 0 spiro atoms. The Labute approximate surface area is 217 Å². The van der Waals surface area contributed by atoms with Gasteiger partial charge >= 0.3 is 0 Å². The molecule has 0 radical (unpaired) electrons. The number of imidazole rings is 1. The van der Waals surface area contributed by atoms with Crippen molar-refractivity contribution in [3.05, 3.63) is 46.2 Å². The molecule has 2 aromatic heterocycles. The van der Waals surface area contributed by atoms with Crippen LogP contribution < -0.4 is 0 Å². The second kappa shape index (κ2) is 9.43. The number of benzene rings is 1. The average molecular weight is 529 g/mol. The lowest BCUT2D eigenvalue weighted by atomic mass is 9.92. The van der Waals surface area contributed by atoms with Crippen molar-refractivity contribution in [1.29, 1.82) is 0 Å². The lowest BCUT2D eigenvalue weighted by Gasteiger charge is -2.48. The van der Waals surface area contributed by atoms with Gasteiger partial charge in [-0.05, 0) is 38.0 Å². The number of aryl methyl sites for hydroxylation is 1. The van der Waals surface area contributed by atoms with Gasteiger partial charge in [-0.1, -0.05) is 0 Å². The summed E-state index contributed by atoms with van der Waals surface area (Å²) in [6.07, 6.45) is 0.673. The van der Waals surface area contributed by atoms with Crippen molar-refractivity contribution in [1.82, 2.24) is 29.2 Å². The number of rotatable bonds is 4. The van der Waals surface area contributed by atoms with Crippen LogP contribution in [0.2, 0.25) is 0 Å². The van der Waals surface area contributed by atoms with Crippen molar-refractivity contribution in [2.75, 3.05) is 39.3 Å². The molecule has 0 atom stereocenters. The molecule has 8 nitrogen and oxygen atoms in total. The monoisotopic (exact) mass is 528 g/mol. The van der Waals surface area contributed by atoms with E-state index in [0.717, 1.165) is 29.9 Å². The van der Waals surface area contributed by atoms with Crippen LogP contribution in [0.1, 0.15) is 58.4 Å². The first-order chi connectivity index (χ1) is 17.8. The van der Waals surface area contributed by atoms with Gasteiger partial charge in [0.25, 0.3) is 11.8 Å². The molecule has 1 aromatic carbocycles. The number of carbonyl (C=O) groups excluding carboxylic acids is 2. The number of aromatic nitrogens is 3. The number of thiazole rings is 1. The number of nitrogens with zero attached hydrogens (tertiary/aromatic N) is 6. The molecule has 2 amide bonds. The second-order valence-electron chi connectivity index (χ2n) is 10.4. The molecule has 37 heavy (non-hydrogen) atoms. The second-order valence-corrected chi connectivity index (χ2v) is 11.1. The number of carbonyl (C=O) groups is 2. The molecule has 1 aliphatic carbocycles. The SMILES string of the molecule is Cc1nc2cc(C(=O)N3CC(N4CCN(C(=O)c5cscn5)CC4)C3)ccc2n1C1CCC(F)(F)CC1. The number of fused-ring (bicyclic) bond motifs is 1. The summed E-state index contributed by atoms with van der Waals surface area (Å²) in [5.41, 5.74) is 4.42. The van der Waals surface area contributed by atoms with E-state index >= 15 is 0 Å². The van der Waals surface area contributed by atoms with Crippen molar-refractivity contribution < 1.29 is 18.4 Å². The number of piperazine rings is 1. The van der Waals surface area contributed by atoms with Crippen molar-refractivity contribution in [3.63, 3.8) is 0 Å². The number of likely N-dealkylation sites (tertiary alicyclic amines) is 1. The predicted molar refractivity (Wildman–Crippen MR) is 136 cm³/mol. The van der Waals surface area contributed by atoms with Crippen molar-refractivity contribution in [2.45, 2.75) is 50.6 Å². The maximum absolute atomic E-state index is 13.7. The van der Waals surface area contributed by atoms with E-state index in [1.165, 1.54) is 11.3 Å². The van der Waals surface area contributed by atoms with Crippen molar-refractivity contribution in [3.8, 4) is 0 Å². The molecule has 2 aliphatic heterocycles. The zero-order valence-electron chi connectivity index (χ0n) is 20.8. The van der Waals surface area contributed by atoms with Crippen LogP contribution in [0.15, 0.2) is 29.1 Å². The first kappa shape index (κ1) is 24.4. The zero-order chi connectivity index (χ0) is 25.7. The Kier molecular flexibility index (Phi) is 6.22. The Balaban J connectivity index is 1.06. The van der Waals surface area contributed by atoms with Crippen LogP contribution in [0.5, 0.6) is 0 Å². The van der Waals surface area contributed by atoms with Crippen LogP contribution >= 0.6 is 11.3 Å². The van der Waals surface area contributed by atoms with Gasteiger partial charge in [0.05, 0.1) is 16.5 Å². The maximum atomic E-state index is 13.7. The summed E-state index contributed by atoms with van der Waals surface area (Å²) in [5.74, 6) is -1.80. The fourth-order valence-corrected chi connectivity index (χ4v) is 6.43. The van der Waals surface area contributed by atoms with Gasteiger partial charge < -0.3 is 14.4 Å². The molecule has 0 N–H and O–H groups in total. The highest BCUT2D eigenvalue weighted by Gasteiger charge is 2.38. The summed E-state index contributed by atoms with van der Waals surface area (Å²) in [6.45, 7) is 6.15. The molecule has 6 rings (SSSR count). The number of hydrogen-bond acceptors (Lipinski definition) is 6. The van der Waals surface area contributed by atoms with Gasteiger partial charge in [-0.3, -0.25) is 14.5 Å². The molecule has 3 aliphatic rings. The Morgan fingerprint density at radius 2 is 1.73 bits per heavy atom. The molecule has 1 saturated carbocycles. The molecule has 3 fully saturated rings. The van der Waals surface area contributed by atoms with Crippen molar-refractivity contribution >= 4 is 34.2 Å². The highest BCUT2D eigenvalue weighted by molar-refractivity contribution is 7.07. The van der Waals surface area contributed by atoms with Crippen LogP contribution in [-0.4, -0.2) is 92.3 Å². The average Bonchev–Trinajstić information content (AvgIpc) is 3.50. The third-order valence-electron chi connectivity index (χ3n) is 8.08. The van der Waals surface area contributed by atoms with E-state index < -0.39 is 5.92 Å². The first-order valence-corrected chi connectivity index (χ1v) is 13.8. The van der Waals surface area contributed by atoms with Gasteiger partial charge in [0.2, 0.25) is 5.92 Å². The number of halogens is 2. The van der Waals surface area contributed by atoms with E-state index in [9.17, 15) is 18.4 Å². The lowest BCUT2D eigenvalue weighted by Crippen LogP contribution is -2.64. The van der Waals surface area contributed by atoms with E-state index in [0.29, 0.717) is 56.3 Å². The van der Waals surface area contributed by atoms with E-state index in [-0.39, 0.29) is 30.7 Å². The molecule has 0 unspecified atom stereocenters. The zero-order valence-corrected chi connectivity index (χ0v) is 21.6. The highest BCUT2D eigenvalue weighted by Crippen LogP contribution is 2.40. The molecular formula is C26H30F2N6O2S. The van der Waals surface area contributed by atoms with Gasteiger partial charge in [0.15, 0.2) is 0 Å². The van der Waals surface area contributed by atoms with Crippen molar-refractivity contribution in [2.24, 2.45) is 0 Å². The van der Waals surface area contributed by atoms with E-state index in [1.54, 1.807) is 10.9 Å². The molecule has 3 aromatic rings. The Bertz CT molecular complexity index is 1300. The van der Waals surface area contributed by atoms with Gasteiger partial charge in [-0.15, -0.1) is 11.3 Å². The Morgan fingerprint density at radius 1 is 1.00 bits per heavy atom. The summed E-state index contributed by atoms with van der Waals surface area (Å²) in [7, 11) is 0. The standard InChI is InChI=1S/C26H30F2N6O2S/c1-17-30-21-12-18(2-3-23(21)34(17)19-4-6-26(27,28)7-5-19)24(35)33-13-20(14-33)31-8-10-32(11-9-31)25(36)22-15-37-16-29-22/h2-3,12,15-16,19-20H,4-11,13-14H2,1H3. The van der Waals surface area contributed by atoms with Gasteiger partial charge in [0, 0.05) is 75.1 Å². The first-order valence-electron chi connectivity index (χ1n) is 12.9. The summed E-state index contributed by atoms with van der Waals surface area (Å²) in [5, 5.41) is 1.78. The van der Waals surface area contributed by atoms with E-state index in [2.05, 4.69) is 19.4 Å². The van der Waals surface area contributed by atoms with Crippen LogP contribution in [-0.2, 0) is 0 Å². The Hall–Kier alpha value is -2.92. The fraction of sp³-hybridized carbons (Fsp3) is 0.538. The number of amides is 2. The molecule has 4 heterocycles. The van der Waals surface area contributed by atoms with Gasteiger partial charge in [-0.25, -0.2) is 18.7 Å². The Morgan fingerprint density at radius 3 is 2.41 bits per heavy atom. The molecular weight excluding hydrogens is 498 g/mol. The summed E-state index contributed by atoms with van der Waals surface area (Å²) in [4.78, 5) is 40.5. The molecule has 196 valence electrons. The lowest BCUT2D eigenvalue weighted by molar-refractivity contribution is -0.0438. The van der Waals surface area contributed by atoms with Crippen LogP contribution in [0, 0.1) is 6.92 Å². The van der Waals surface area contributed by atoms with Gasteiger partial charge in [-0.2, -0.15) is 0 Å². The topological polar surface area (TPSA) is 74.6 Å². The molecule has 11 heteroatoms. The summed E-state index contributed by atoms with van der Waals surface area (Å²) >= 11 is 1.42. The predicted octanol–water partition coefficient (Wildman–Crippen LogP) is 3.83. The largest absolute Gasteiger partial charge is 0.335 e. The normalized spacial score (nSPS) is 21.4. The maximum Gasteiger partial charge on any atom is 0.273 e. The summed E-state index contributed by atoms with van der Waals surface area (Å²) < 4.78 is 29.4. The van der Waals surface area contributed by atoms with Crippen LogP contribution in [0.4, 0.5) is 8.78 Å². The molecule has 2 saturated heterocycles. The third-order valence-corrected chi connectivity index (χ3v) is 8.67.